The zero-order valence-electron chi connectivity index (χ0n) is 39.6. The first-order valence-electron chi connectivity index (χ1n) is 22.9. The van der Waals surface area contributed by atoms with Crippen LogP contribution in [0.2, 0.25) is 5.02 Å². The van der Waals surface area contributed by atoms with Gasteiger partial charge >= 0.3 is 0 Å². The van der Waals surface area contributed by atoms with Gasteiger partial charge in [0.15, 0.2) is 0 Å². The van der Waals surface area contributed by atoms with Crippen LogP contribution in [0.3, 0.4) is 0 Å². The van der Waals surface area contributed by atoms with Crippen LogP contribution in [0.5, 0.6) is 0 Å². The normalized spacial score (nSPS) is 18.2. The molecule has 1 heterocycles. The summed E-state index contributed by atoms with van der Waals surface area (Å²) in [4.78, 5) is 4.85. The molecule has 322 valence electrons. The molecule has 3 aliphatic carbocycles. The van der Waals surface area contributed by atoms with Gasteiger partial charge in [0, 0.05) is 37.9 Å². The molecule has 0 fully saturated rings. The molecule has 7 aromatic rings. The highest BCUT2D eigenvalue weighted by atomic mass is 35.5. The lowest BCUT2D eigenvalue weighted by atomic mass is 9.82. The van der Waals surface area contributed by atoms with E-state index in [2.05, 4.69) is 220 Å². The van der Waals surface area contributed by atoms with Crippen molar-refractivity contribution in [3.8, 4) is 11.1 Å². The largest absolute Gasteiger partial charge is 0.309 e. The molecule has 1 aromatic heterocycles. The molecule has 0 N–H and O–H groups in total. The third-order valence-corrected chi connectivity index (χ3v) is 16.5. The van der Waals surface area contributed by atoms with E-state index < -0.39 is 0 Å². The first-order valence-corrected chi connectivity index (χ1v) is 24.2. The highest BCUT2D eigenvalue weighted by molar-refractivity contribution is 7.17. The third kappa shape index (κ3) is 6.54. The van der Waals surface area contributed by atoms with E-state index in [1.807, 2.05) is 11.3 Å². The van der Waals surface area contributed by atoms with Gasteiger partial charge in [-0.3, -0.25) is 0 Å². The minimum atomic E-state index is -0.0705. The van der Waals surface area contributed by atoms with Crippen molar-refractivity contribution in [1.82, 2.24) is 0 Å². The van der Waals surface area contributed by atoms with E-state index in [0.717, 1.165) is 47.0 Å². The zero-order valence-corrected chi connectivity index (χ0v) is 41.2. The van der Waals surface area contributed by atoms with Gasteiger partial charge < -0.3 is 9.80 Å². The van der Waals surface area contributed by atoms with Crippen LogP contribution < -0.4 is 9.80 Å². The molecule has 0 bridgehead atoms. The highest BCUT2D eigenvalue weighted by Crippen LogP contribution is 2.57. The van der Waals surface area contributed by atoms with Gasteiger partial charge in [0.2, 0.25) is 0 Å². The standard InChI is InChI=1S/C59H63ClN2S/c1-54(2,3)36-21-23-37(24-22-36)62(51-33-63-52-32-46-41(31-42(51)52)40-17-14-15-18-43(40)59(46,12)13)50-20-16-19-49(53(50)60)61(38-25-27-44-47(29-38)57(8,9)34-55(44,4)5)39-26-28-45-48(30-39)58(10,11)35-56(45,6)7/h14-33H,34-35H2,1-13H3. The van der Waals surface area contributed by atoms with Crippen molar-refractivity contribution in [3.05, 3.63) is 165 Å². The van der Waals surface area contributed by atoms with Crippen molar-refractivity contribution in [2.45, 2.75) is 135 Å². The van der Waals surface area contributed by atoms with Crippen LogP contribution in [0.1, 0.15) is 142 Å². The summed E-state index contributed by atoms with van der Waals surface area (Å²) < 4.78 is 1.28. The number of thiophene rings is 1. The topological polar surface area (TPSA) is 6.48 Å². The molecular weight excluding hydrogens is 804 g/mol. The lowest BCUT2D eigenvalue weighted by Gasteiger charge is -2.32. The summed E-state index contributed by atoms with van der Waals surface area (Å²) in [6.07, 6.45) is 2.22. The van der Waals surface area contributed by atoms with Crippen molar-refractivity contribution < 1.29 is 0 Å². The van der Waals surface area contributed by atoms with Crippen molar-refractivity contribution in [2.24, 2.45) is 0 Å². The lowest BCUT2D eigenvalue weighted by Crippen LogP contribution is -2.18. The number of rotatable bonds is 6. The van der Waals surface area contributed by atoms with E-state index in [9.17, 15) is 0 Å². The predicted octanol–water partition coefficient (Wildman–Crippen LogP) is 18.0. The Balaban J connectivity index is 1.20. The Hall–Kier alpha value is -4.83. The van der Waals surface area contributed by atoms with Crippen molar-refractivity contribution >= 4 is 67.1 Å². The van der Waals surface area contributed by atoms with Gasteiger partial charge in [-0.1, -0.05) is 156 Å². The van der Waals surface area contributed by atoms with Crippen LogP contribution in [0.4, 0.5) is 34.1 Å². The van der Waals surface area contributed by atoms with Gasteiger partial charge in [0.25, 0.3) is 0 Å². The van der Waals surface area contributed by atoms with Gasteiger partial charge in [0.05, 0.1) is 22.1 Å². The quantitative estimate of drug-likeness (QED) is 0.164. The molecule has 10 rings (SSSR count). The van der Waals surface area contributed by atoms with Crippen molar-refractivity contribution in [2.75, 3.05) is 9.80 Å². The Labute approximate surface area is 386 Å². The minimum absolute atomic E-state index is 0.0243. The average Bonchev–Trinajstić information content (AvgIpc) is 3.84. The van der Waals surface area contributed by atoms with Crippen molar-refractivity contribution in [3.63, 3.8) is 0 Å². The number of halogens is 1. The second-order valence-corrected chi connectivity index (χ2v) is 24.4. The third-order valence-electron chi connectivity index (χ3n) is 15.1. The second-order valence-electron chi connectivity index (χ2n) is 23.1. The van der Waals surface area contributed by atoms with E-state index in [4.69, 9.17) is 11.6 Å². The van der Waals surface area contributed by atoms with Gasteiger partial charge in [-0.2, -0.15) is 0 Å². The molecule has 0 unspecified atom stereocenters. The molecule has 4 heteroatoms. The molecule has 0 aliphatic heterocycles. The summed E-state index contributed by atoms with van der Waals surface area (Å²) in [6, 6.07) is 44.0. The van der Waals surface area contributed by atoms with E-state index in [1.165, 1.54) is 60.2 Å². The van der Waals surface area contributed by atoms with Crippen LogP contribution in [-0.2, 0) is 32.5 Å². The second kappa shape index (κ2) is 13.8. The first kappa shape index (κ1) is 42.1. The molecule has 0 saturated carbocycles. The number of fused-ring (bicyclic) bond motifs is 6. The van der Waals surface area contributed by atoms with Gasteiger partial charge in [-0.15, -0.1) is 11.3 Å². The summed E-state index contributed by atoms with van der Waals surface area (Å²) in [5.41, 5.74) is 19.1. The highest BCUT2D eigenvalue weighted by Gasteiger charge is 2.44. The monoisotopic (exact) mass is 866 g/mol. The fraction of sp³-hybridized carbons (Fsp3) is 0.356. The SMILES string of the molecule is CC(C)(C)c1ccc(N(c2cccc(N(c3ccc4c(c3)C(C)(C)CC4(C)C)c3ccc4c(c3)C(C)(C)CC4(C)C)c2Cl)c2csc3cc4c(cc23)-c2ccccc2C4(C)C)cc1. The fourth-order valence-corrected chi connectivity index (χ4v) is 13.7. The maximum atomic E-state index is 8.08. The molecule has 2 nitrogen and oxygen atoms in total. The van der Waals surface area contributed by atoms with Crippen LogP contribution in [0.15, 0.2) is 121 Å². The van der Waals surface area contributed by atoms with E-state index in [0.29, 0.717) is 5.02 Å². The molecule has 0 spiro atoms. The zero-order chi connectivity index (χ0) is 44.8. The maximum absolute atomic E-state index is 8.08. The molecule has 0 radical (unpaired) electrons. The Morgan fingerprint density at radius 2 is 1.00 bits per heavy atom. The minimum Gasteiger partial charge on any atom is -0.309 e. The van der Waals surface area contributed by atoms with E-state index in [-0.39, 0.29) is 32.5 Å². The van der Waals surface area contributed by atoms with Gasteiger partial charge in [-0.05, 0) is 151 Å². The summed E-state index contributed by atoms with van der Waals surface area (Å²) in [5, 5.41) is 4.28. The van der Waals surface area contributed by atoms with Crippen LogP contribution in [-0.4, -0.2) is 0 Å². The maximum Gasteiger partial charge on any atom is 0.0887 e. The fourth-order valence-electron chi connectivity index (χ4n) is 12.4. The molecule has 63 heavy (non-hydrogen) atoms. The van der Waals surface area contributed by atoms with E-state index >= 15 is 0 Å². The first-order chi connectivity index (χ1) is 29.5. The Morgan fingerprint density at radius 3 is 1.57 bits per heavy atom. The van der Waals surface area contributed by atoms with E-state index in [1.54, 1.807) is 0 Å². The lowest BCUT2D eigenvalue weighted by molar-refractivity contribution is 0.403. The van der Waals surface area contributed by atoms with Crippen molar-refractivity contribution in [1.29, 1.82) is 0 Å². The Morgan fingerprint density at radius 1 is 0.476 bits per heavy atom. The number of hydrogen-bond donors (Lipinski definition) is 0. The summed E-state index contributed by atoms with van der Waals surface area (Å²) in [5.74, 6) is 0. The smallest absolute Gasteiger partial charge is 0.0887 e. The van der Waals surface area contributed by atoms with Gasteiger partial charge in [-0.25, -0.2) is 0 Å². The van der Waals surface area contributed by atoms with Gasteiger partial charge in [0.1, 0.15) is 0 Å². The number of anilines is 6. The molecule has 0 amide bonds. The molecule has 0 saturated heterocycles. The average molecular weight is 868 g/mol. The number of nitrogens with zero attached hydrogens (tertiary/aromatic N) is 2. The molecular formula is C59H63ClN2S. The molecule has 3 aliphatic rings. The molecule has 0 atom stereocenters. The number of benzene rings is 6. The predicted molar refractivity (Wildman–Crippen MR) is 274 cm³/mol. The summed E-state index contributed by atoms with van der Waals surface area (Å²) in [6.45, 7) is 30.8. The summed E-state index contributed by atoms with van der Waals surface area (Å²) in [7, 11) is 0. The number of hydrogen-bond acceptors (Lipinski definition) is 3. The Kier molecular flexibility index (Phi) is 9.26. The van der Waals surface area contributed by atoms with Crippen LogP contribution >= 0.6 is 22.9 Å². The molecule has 6 aromatic carbocycles. The Bertz CT molecular complexity index is 2910. The van der Waals surface area contributed by atoms with Crippen LogP contribution in [0.25, 0.3) is 21.2 Å². The van der Waals surface area contributed by atoms with Crippen LogP contribution in [0, 0.1) is 0 Å². The summed E-state index contributed by atoms with van der Waals surface area (Å²) >= 11 is 9.90.